The lowest BCUT2D eigenvalue weighted by atomic mass is 10.2. The van der Waals surface area contributed by atoms with Crippen LogP contribution in [0.25, 0.3) is 0 Å². The minimum Gasteiger partial charge on any atom is -0.493 e. The van der Waals surface area contributed by atoms with Crippen LogP contribution in [0.1, 0.15) is 5.56 Å². The summed E-state index contributed by atoms with van der Waals surface area (Å²) in [5.74, 6) is 7.09. The molecule has 2 rings (SSSR count). The molecule has 2 nitrogen and oxygen atoms in total. The number of hydrogen-bond donors (Lipinski definition) is 1. The molecular formula is C17H15ClO2S. The molecule has 0 saturated carbocycles. The lowest BCUT2D eigenvalue weighted by molar-refractivity contribution is 0.344. The normalized spacial score (nSPS) is 9.81. The third-order valence-electron chi connectivity index (χ3n) is 2.61. The Kier molecular flexibility index (Phi) is 6.49. The maximum Gasteiger partial charge on any atom is 0.119 e. The van der Waals surface area contributed by atoms with Gasteiger partial charge in [0.25, 0.3) is 0 Å². The Balaban J connectivity index is 1.77. The van der Waals surface area contributed by atoms with Crippen molar-refractivity contribution in [1.29, 1.82) is 0 Å². The van der Waals surface area contributed by atoms with Crippen LogP contribution in [-0.2, 0) is 0 Å². The largest absolute Gasteiger partial charge is 0.493 e. The lowest BCUT2D eigenvalue weighted by Gasteiger charge is -2.07. The van der Waals surface area contributed by atoms with E-state index in [1.165, 1.54) is 0 Å². The van der Waals surface area contributed by atoms with Crippen LogP contribution in [0.2, 0.25) is 5.02 Å². The quantitative estimate of drug-likeness (QED) is 0.516. The maximum absolute atomic E-state index is 8.63. The zero-order valence-corrected chi connectivity index (χ0v) is 13.0. The minimum atomic E-state index is -0.127. The second kappa shape index (κ2) is 8.63. The molecule has 0 aliphatic heterocycles. The van der Waals surface area contributed by atoms with Gasteiger partial charge >= 0.3 is 0 Å². The van der Waals surface area contributed by atoms with Crippen molar-refractivity contribution in [3.8, 4) is 17.6 Å². The Bertz CT molecular complexity index is 629. The Hall–Kier alpha value is -1.60. The molecule has 108 valence electrons. The van der Waals surface area contributed by atoms with E-state index in [-0.39, 0.29) is 6.61 Å². The van der Waals surface area contributed by atoms with Crippen LogP contribution in [0.15, 0.2) is 53.4 Å². The fourth-order valence-electron chi connectivity index (χ4n) is 1.65. The van der Waals surface area contributed by atoms with Crippen molar-refractivity contribution >= 4 is 23.4 Å². The Morgan fingerprint density at radius 2 is 1.86 bits per heavy atom. The second-order valence-electron chi connectivity index (χ2n) is 4.11. The summed E-state index contributed by atoms with van der Waals surface area (Å²) in [5.41, 5.74) is 0.863. The van der Waals surface area contributed by atoms with Crippen LogP contribution in [-0.4, -0.2) is 24.1 Å². The van der Waals surface area contributed by atoms with Gasteiger partial charge in [-0.15, -0.1) is 11.8 Å². The van der Waals surface area contributed by atoms with Gasteiger partial charge in [-0.25, -0.2) is 0 Å². The van der Waals surface area contributed by atoms with Crippen LogP contribution >= 0.6 is 23.4 Å². The molecule has 21 heavy (non-hydrogen) atoms. The van der Waals surface area contributed by atoms with Gasteiger partial charge in [0, 0.05) is 16.2 Å². The zero-order chi connectivity index (χ0) is 14.9. The molecule has 0 saturated heterocycles. The Labute approximate surface area is 134 Å². The minimum absolute atomic E-state index is 0.127. The van der Waals surface area contributed by atoms with Crippen molar-refractivity contribution in [2.24, 2.45) is 0 Å². The number of benzene rings is 2. The summed E-state index contributed by atoms with van der Waals surface area (Å²) in [6.45, 7) is 0.481. The summed E-state index contributed by atoms with van der Waals surface area (Å²) in [6.07, 6.45) is 0. The molecule has 0 radical (unpaired) electrons. The average Bonchev–Trinajstić information content (AvgIpc) is 2.52. The predicted molar refractivity (Wildman–Crippen MR) is 88.1 cm³/mol. The third-order valence-corrected chi connectivity index (χ3v) is 4.09. The first-order chi connectivity index (χ1) is 10.3. The highest BCUT2D eigenvalue weighted by Gasteiger charge is 2.00. The van der Waals surface area contributed by atoms with Gasteiger partial charge in [0.05, 0.1) is 11.6 Å². The monoisotopic (exact) mass is 318 g/mol. The molecule has 0 unspecified atom stereocenters. The summed E-state index contributed by atoms with van der Waals surface area (Å²) < 4.78 is 5.67. The second-order valence-corrected chi connectivity index (χ2v) is 5.66. The standard InChI is InChI=1S/C17H15ClO2S/c18-16-5-1-2-6-17(16)21-13-12-20-15-9-7-14(8-10-15)4-3-11-19/h1-2,5-10,19H,11-13H2. The zero-order valence-electron chi connectivity index (χ0n) is 11.4. The van der Waals surface area contributed by atoms with E-state index in [2.05, 4.69) is 11.8 Å². The molecule has 0 heterocycles. The van der Waals surface area contributed by atoms with Gasteiger partial charge in [-0.05, 0) is 36.4 Å². The van der Waals surface area contributed by atoms with Gasteiger partial charge in [-0.2, -0.15) is 0 Å². The smallest absolute Gasteiger partial charge is 0.119 e. The first-order valence-corrected chi connectivity index (χ1v) is 7.86. The first-order valence-electron chi connectivity index (χ1n) is 6.49. The molecule has 4 heteroatoms. The van der Waals surface area contributed by atoms with Gasteiger partial charge in [0.1, 0.15) is 12.4 Å². The summed E-state index contributed by atoms with van der Waals surface area (Å²) in [6, 6.07) is 15.3. The van der Waals surface area contributed by atoms with Crippen LogP contribution in [0.4, 0.5) is 0 Å². The number of aliphatic hydroxyl groups is 1. The van der Waals surface area contributed by atoms with Gasteiger partial charge in [0.2, 0.25) is 0 Å². The number of hydrogen-bond acceptors (Lipinski definition) is 3. The molecule has 2 aromatic carbocycles. The summed E-state index contributed by atoms with van der Waals surface area (Å²) in [4.78, 5) is 1.07. The van der Waals surface area contributed by atoms with Gasteiger partial charge in [-0.1, -0.05) is 35.6 Å². The Morgan fingerprint density at radius 1 is 1.10 bits per heavy atom. The number of halogens is 1. The molecule has 0 atom stereocenters. The highest BCUT2D eigenvalue weighted by atomic mass is 35.5. The highest BCUT2D eigenvalue weighted by molar-refractivity contribution is 7.99. The SMILES string of the molecule is OCC#Cc1ccc(OCCSc2ccccc2Cl)cc1. The van der Waals surface area contributed by atoms with Crippen LogP contribution in [0.5, 0.6) is 5.75 Å². The van der Waals surface area contributed by atoms with Crippen molar-refractivity contribution in [3.63, 3.8) is 0 Å². The topological polar surface area (TPSA) is 29.5 Å². The molecule has 0 bridgehead atoms. The van der Waals surface area contributed by atoms with E-state index in [4.69, 9.17) is 21.4 Å². The highest BCUT2D eigenvalue weighted by Crippen LogP contribution is 2.26. The molecule has 0 fully saturated rings. The number of thioether (sulfide) groups is 1. The van der Waals surface area contributed by atoms with Gasteiger partial charge in [-0.3, -0.25) is 0 Å². The molecule has 0 aliphatic rings. The number of ether oxygens (including phenoxy) is 1. The molecule has 0 amide bonds. The lowest BCUT2D eigenvalue weighted by Crippen LogP contribution is -2.00. The van der Waals surface area contributed by atoms with Crippen molar-refractivity contribution in [1.82, 2.24) is 0 Å². The van der Waals surface area contributed by atoms with Crippen LogP contribution in [0, 0.1) is 11.8 Å². The van der Waals surface area contributed by atoms with E-state index in [9.17, 15) is 0 Å². The average molecular weight is 319 g/mol. The molecule has 0 spiro atoms. The van der Waals surface area contributed by atoms with Gasteiger partial charge < -0.3 is 9.84 Å². The van der Waals surface area contributed by atoms with E-state index in [0.717, 1.165) is 27.0 Å². The van der Waals surface area contributed by atoms with Crippen molar-refractivity contribution in [3.05, 3.63) is 59.1 Å². The van der Waals surface area contributed by atoms with E-state index >= 15 is 0 Å². The molecule has 0 aromatic heterocycles. The summed E-state index contributed by atoms with van der Waals surface area (Å²) in [7, 11) is 0. The number of aliphatic hydroxyl groups excluding tert-OH is 1. The number of rotatable bonds is 5. The molecule has 1 N–H and O–H groups in total. The fraction of sp³-hybridized carbons (Fsp3) is 0.176. The fourth-order valence-corrected chi connectivity index (χ4v) is 2.72. The van der Waals surface area contributed by atoms with E-state index in [1.54, 1.807) is 11.8 Å². The predicted octanol–water partition coefficient (Wildman–Crippen LogP) is 3.85. The van der Waals surface area contributed by atoms with Crippen molar-refractivity contribution in [2.45, 2.75) is 4.90 Å². The van der Waals surface area contributed by atoms with Crippen molar-refractivity contribution < 1.29 is 9.84 Å². The van der Waals surface area contributed by atoms with E-state index in [1.807, 2.05) is 48.5 Å². The van der Waals surface area contributed by atoms with Crippen molar-refractivity contribution in [2.75, 3.05) is 19.0 Å². The maximum atomic E-state index is 8.63. The Morgan fingerprint density at radius 3 is 2.57 bits per heavy atom. The molecular weight excluding hydrogens is 304 g/mol. The molecule has 0 aliphatic carbocycles. The van der Waals surface area contributed by atoms with Gasteiger partial charge in [0.15, 0.2) is 0 Å². The van der Waals surface area contributed by atoms with E-state index < -0.39 is 0 Å². The van der Waals surface area contributed by atoms with E-state index in [0.29, 0.717) is 6.61 Å². The van der Waals surface area contributed by atoms with Crippen LogP contribution in [0.3, 0.4) is 0 Å². The summed E-state index contributed by atoms with van der Waals surface area (Å²) in [5, 5.41) is 9.40. The molecule has 2 aromatic rings. The summed E-state index contributed by atoms with van der Waals surface area (Å²) >= 11 is 7.76. The third kappa shape index (κ3) is 5.35. The first kappa shape index (κ1) is 15.8. The van der Waals surface area contributed by atoms with Crippen LogP contribution < -0.4 is 4.74 Å².